The van der Waals surface area contributed by atoms with Gasteiger partial charge in [-0.15, -0.1) is 0 Å². The van der Waals surface area contributed by atoms with Gasteiger partial charge in [-0.3, -0.25) is 9.48 Å². The van der Waals surface area contributed by atoms with E-state index in [-0.39, 0.29) is 11.8 Å². The zero-order valence-corrected chi connectivity index (χ0v) is 10.7. The van der Waals surface area contributed by atoms with Crippen LogP contribution in [0.2, 0.25) is 0 Å². The normalized spacial score (nSPS) is 23.2. The van der Waals surface area contributed by atoms with Gasteiger partial charge in [0.2, 0.25) is 5.91 Å². The highest BCUT2D eigenvalue weighted by molar-refractivity contribution is 5.79. The zero-order chi connectivity index (χ0) is 12.8. The van der Waals surface area contributed by atoms with Crippen LogP contribution in [-0.4, -0.2) is 28.8 Å². The molecule has 3 N–H and O–H groups in total. The first kappa shape index (κ1) is 13.1. The Kier molecular flexibility index (Phi) is 4.75. The van der Waals surface area contributed by atoms with E-state index in [1.807, 2.05) is 16.9 Å². The molecule has 0 bridgehead atoms. The minimum absolute atomic E-state index is 0.139. The first-order valence-corrected chi connectivity index (χ1v) is 6.76. The van der Waals surface area contributed by atoms with Gasteiger partial charge < -0.3 is 11.1 Å². The van der Waals surface area contributed by atoms with Gasteiger partial charge in [0.15, 0.2) is 0 Å². The number of hydrogen-bond acceptors (Lipinski definition) is 3. The lowest BCUT2D eigenvalue weighted by atomic mass is 9.95. The summed E-state index contributed by atoms with van der Waals surface area (Å²) < 4.78 is 1.88. The zero-order valence-electron chi connectivity index (χ0n) is 10.7. The third-order valence-corrected chi connectivity index (χ3v) is 3.72. The van der Waals surface area contributed by atoms with Crippen molar-refractivity contribution in [2.45, 2.75) is 32.2 Å². The maximum Gasteiger partial charge on any atom is 0.223 e. The maximum absolute atomic E-state index is 12.0. The molecule has 0 aromatic carbocycles. The maximum atomic E-state index is 12.0. The molecule has 5 heteroatoms. The van der Waals surface area contributed by atoms with Crippen LogP contribution >= 0.6 is 0 Å². The van der Waals surface area contributed by atoms with Crippen LogP contribution in [0, 0.1) is 11.8 Å². The number of nitrogens with two attached hydrogens (primary N) is 1. The van der Waals surface area contributed by atoms with Gasteiger partial charge in [-0.05, 0) is 37.8 Å². The summed E-state index contributed by atoms with van der Waals surface area (Å²) in [5.74, 6) is 0.708. The van der Waals surface area contributed by atoms with Crippen LogP contribution in [0.4, 0.5) is 0 Å². The molecular formula is C13H22N4O. The lowest BCUT2D eigenvalue weighted by Gasteiger charge is -2.17. The van der Waals surface area contributed by atoms with E-state index in [4.69, 9.17) is 5.73 Å². The van der Waals surface area contributed by atoms with Crippen molar-refractivity contribution in [3.05, 3.63) is 18.5 Å². The summed E-state index contributed by atoms with van der Waals surface area (Å²) in [5, 5.41) is 7.14. The number of aryl methyl sites for hydroxylation is 1. The Morgan fingerprint density at radius 3 is 3.11 bits per heavy atom. The van der Waals surface area contributed by atoms with Gasteiger partial charge in [-0.25, -0.2) is 0 Å². The molecule has 0 saturated heterocycles. The number of carbonyl (C=O) groups excluding carboxylic acids is 1. The van der Waals surface area contributed by atoms with E-state index in [0.29, 0.717) is 19.0 Å². The number of rotatable bonds is 6. The molecule has 2 rings (SSSR count). The second-order valence-corrected chi connectivity index (χ2v) is 4.95. The number of aromatic nitrogens is 2. The van der Waals surface area contributed by atoms with Crippen molar-refractivity contribution < 1.29 is 4.79 Å². The lowest BCUT2D eigenvalue weighted by Crippen LogP contribution is -2.35. The molecule has 1 fully saturated rings. The second kappa shape index (κ2) is 6.54. The molecule has 5 nitrogen and oxygen atoms in total. The van der Waals surface area contributed by atoms with Crippen molar-refractivity contribution in [2.24, 2.45) is 17.6 Å². The molecule has 1 aromatic rings. The van der Waals surface area contributed by atoms with Crippen LogP contribution < -0.4 is 11.1 Å². The van der Waals surface area contributed by atoms with E-state index in [1.54, 1.807) is 6.20 Å². The molecule has 1 amide bonds. The molecule has 18 heavy (non-hydrogen) atoms. The second-order valence-electron chi connectivity index (χ2n) is 4.95. The summed E-state index contributed by atoms with van der Waals surface area (Å²) in [5.41, 5.74) is 5.69. The molecule has 1 aromatic heterocycles. The topological polar surface area (TPSA) is 72.9 Å². The minimum atomic E-state index is 0.139. The lowest BCUT2D eigenvalue weighted by molar-refractivity contribution is -0.125. The average Bonchev–Trinajstić information content (AvgIpc) is 3.04. The summed E-state index contributed by atoms with van der Waals surface area (Å²) in [6.07, 6.45) is 7.83. The molecule has 0 radical (unpaired) electrons. The first-order valence-electron chi connectivity index (χ1n) is 6.76. The molecule has 1 saturated carbocycles. The van der Waals surface area contributed by atoms with Crippen LogP contribution in [-0.2, 0) is 11.3 Å². The first-order chi connectivity index (χ1) is 8.81. The van der Waals surface area contributed by atoms with E-state index < -0.39 is 0 Å². The summed E-state index contributed by atoms with van der Waals surface area (Å²) >= 11 is 0. The highest BCUT2D eigenvalue weighted by Gasteiger charge is 2.31. The van der Waals surface area contributed by atoms with Crippen molar-refractivity contribution >= 4 is 5.91 Å². The van der Waals surface area contributed by atoms with Gasteiger partial charge in [0.05, 0.1) is 0 Å². The Labute approximate surface area is 108 Å². The van der Waals surface area contributed by atoms with Crippen LogP contribution in [0.25, 0.3) is 0 Å². The largest absolute Gasteiger partial charge is 0.356 e. The van der Waals surface area contributed by atoms with Gasteiger partial charge >= 0.3 is 0 Å². The van der Waals surface area contributed by atoms with Crippen molar-refractivity contribution in [1.82, 2.24) is 15.1 Å². The molecule has 100 valence electrons. The van der Waals surface area contributed by atoms with E-state index >= 15 is 0 Å². The summed E-state index contributed by atoms with van der Waals surface area (Å²) in [6, 6.07) is 1.91. The highest BCUT2D eigenvalue weighted by atomic mass is 16.1. The van der Waals surface area contributed by atoms with Crippen LogP contribution in [0.5, 0.6) is 0 Å². The molecule has 0 aliphatic heterocycles. The molecular weight excluding hydrogens is 228 g/mol. The molecule has 0 spiro atoms. The number of carbonyl (C=O) groups is 1. The molecule has 1 aliphatic carbocycles. The van der Waals surface area contributed by atoms with Crippen LogP contribution in [0.1, 0.15) is 25.7 Å². The van der Waals surface area contributed by atoms with Crippen molar-refractivity contribution in [3.8, 4) is 0 Å². The molecule has 2 atom stereocenters. The average molecular weight is 250 g/mol. The van der Waals surface area contributed by atoms with Crippen molar-refractivity contribution in [2.75, 3.05) is 13.1 Å². The summed E-state index contributed by atoms with van der Waals surface area (Å²) in [7, 11) is 0. The number of amides is 1. The fourth-order valence-corrected chi connectivity index (χ4v) is 2.68. The number of nitrogens with zero attached hydrogens (tertiary/aromatic N) is 2. The van der Waals surface area contributed by atoms with Gasteiger partial charge in [0.25, 0.3) is 0 Å². The monoisotopic (exact) mass is 250 g/mol. The molecule has 1 heterocycles. The van der Waals surface area contributed by atoms with Crippen molar-refractivity contribution in [3.63, 3.8) is 0 Å². The Morgan fingerprint density at radius 1 is 1.50 bits per heavy atom. The summed E-state index contributed by atoms with van der Waals surface area (Å²) in [6.45, 7) is 2.19. The van der Waals surface area contributed by atoms with Crippen LogP contribution in [0.15, 0.2) is 18.5 Å². The van der Waals surface area contributed by atoms with Gasteiger partial charge in [0.1, 0.15) is 0 Å². The van der Waals surface area contributed by atoms with Gasteiger partial charge in [0, 0.05) is 31.4 Å². The number of nitrogens with one attached hydrogen (secondary N) is 1. The Bertz CT molecular complexity index is 363. The summed E-state index contributed by atoms with van der Waals surface area (Å²) in [4.78, 5) is 12.0. The van der Waals surface area contributed by atoms with E-state index in [9.17, 15) is 4.79 Å². The molecule has 1 aliphatic rings. The number of hydrogen-bond donors (Lipinski definition) is 2. The van der Waals surface area contributed by atoms with Crippen molar-refractivity contribution in [1.29, 1.82) is 0 Å². The minimum Gasteiger partial charge on any atom is -0.356 e. The predicted octanol–water partition coefficient (Wildman–Crippen LogP) is 0.764. The SMILES string of the molecule is NCC1CCCC1C(=O)NCCCn1cccn1. The van der Waals surface area contributed by atoms with E-state index in [0.717, 1.165) is 32.2 Å². The predicted molar refractivity (Wildman–Crippen MR) is 69.7 cm³/mol. The molecule has 2 unspecified atom stereocenters. The van der Waals surface area contributed by atoms with Gasteiger partial charge in [-0.2, -0.15) is 5.10 Å². The highest BCUT2D eigenvalue weighted by Crippen LogP contribution is 2.30. The standard InChI is InChI=1S/C13H22N4O/c14-10-11-4-1-5-12(11)13(18)15-6-2-8-17-9-3-7-16-17/h3,7,9,11-12H,1-2,4-6,8,10,14H2,(H,15,18). The Hall–Kier alpha value is -1.36. The fraction of sp³-hybridized carbons (Fsp3) is 0.692. The quantitative estimate of drug-likeness (QED) is 0.732. The van der Waals surface area contributed by atoms with Gasteiger partial charge in [-0.1, -0.05) is 6.42 Å². The van der Waals surface area contributed by atoms with Crippen LogP contribution in [0.3, 0.4) is 0 Å². The Balaban J connectivity index is 1.65. The Morgan fingerprint density at radius 2 is 2.39 bits per heavy atom. The third-order valence-electron chi connectivity index (χ3n) is 3.72. The van der Waals surface area contributed by atoms with E-state index in [2.05, 4.69) is 10.4 Å². The third kappa shape index (κ3) is 3.32. The smallest absolute Gasteiger partial charge is 0.223 e. The fourth-order valence-electron chi connectivity index (χ4n) is 2.68. The van der Waals surface area contributed by atoms with E-state index in [1.165, 1.54) is 0 Å².